The van der Waals surface area contributed by atoms with Crippen LogP contribution in [0.4, 0.5) is 23.9 Å². The van der Waals surface area contributed by atoms with Gasteiger partial charge in [0.15, 0.2) is 0 Å². The van der Waals surface area contributed by atoms with Crippen molar-refractivity contribution >= 4 is 18.2 Å². The lowest BCUT2D eigenvalue weighted by atomic mass is 10.0. The second-order valence-corrected chi connectivity index (χ2v) is 6.97. The first-order valence-electron chi connectivity index (χ1n) is 9.70. The van der Waals surface area contributed by atoms with E-state index in [1.807, 2.05) is 6.07 Å². The zero-order chi connectivity index (χ0) is 23.1. The van der Waals surface area contributed by atoms with Gasteiger partial charge in [-0.05, 0) is 23.9 Å². The number of aromatic nitrogens is 2. The fourth-order valence-electron chi connectivity index (χ4n) is 3.00. The number of anilines is 1. The van der Waals surface area contributed by atoms with E-state index >= 15 is 0 Å². The van der Waals surface area contributed by atoms with E-state index in [-0.39, 0.29) is 43.3 Å². The van der Waals surface area contributed by atoms with Crippen LogP contribution in [0, 0.1) is 34.2 Å². The number of benzene rings is 1. The Morgan fingerprint density at radius 2 is 2.06 bits per heavy atom. The molecule has 3 rings (SSSR count). The topological polar surface area (TPSA) is 127 Å². The third-order valence-corrected chi connectivity index (χ3v) is 4.58. The molecule has 0 spiro atoms. The highest BCUT2D eigenvalue weighted by Crippen LogP contribution is 2.23. The van der Waals surface area contributed by atoms with Crippen LogP contribution in [-0.4, -0.2) is 52.9 Å². The Balaban J connectivity index is 1.55. The Morgan fingerprint density at radius 1 is 1.34 bits per heavy atom. The van der Waals surface area contributed by atoms with Crippen LogP contribution in [0.15, 0.2) is 24.4 Å². The van der Waals surface area contributed by atoms with E-state index in [0.29, 0.717) is 6.54 Å². The molecule has 12 heteroatoms. The maximum absolute atomic E-state index is 13.9. The molecule has 2 heterocycles. The Hall–Kier alpha value is -3.88. The summed E-state index contributed by atoms with van der Waals surface area (Å²) in [5.74, 6) is -2.49. The highest BCUT2D eigenvalue weighted by atomic mass is 19.1. The molecule has 1 aromatic carbocycles. The number of ether oxygens (including phenoxy) is 1. The van der Waals surface area contributed by atoms with Crippen molar-refractivity contribution < 1.29 is 22.7 Å². The molecule has 2 amide bonds. The van der Waals surface area contributed by atoms with E-state index in [2.05, 4.69) is 20.6 Å². The number of carbonyl (C=O) groups excluding carboxylic acids is 1. The quantitative estimate of drug-likeness (QED) is 0.401. The van der Waals surface area contributed by atoms with Gasteiger partial charge in [-0.2, -0.15) is 14.6 Å². The van der Waals surface area contributed by atoms with E-state index in [1.54, 1.807) is 0 Å². The number of nitrogens with zero attached hydrogens (tertiary/aromatic N) is 4. The van der Waals surface area contributed by atoms with Gasteiger partial charge in [0.25, 0.3) is 5.88 Å². The maximum atomic E-state index is 13.9. The van der Waals surface area contributed by atoms with Crippen LogP contribution in [0.1, 0.15) is 24.4 Å². The van der Waals surface area contributed by atoms with Gasteiger partial charge < -0.3 is 25.7 Å². The van der Waals surface area contributed by atoms with E-state index in [4.69, 9.17) is 15.4 Å². The van der Waals surface area contributed by atoms with E-state index in [0.717, 1.165) is 30.6 Å². The predicted octanol–water partition coefficient (Wildman–Crippen LogP) is 2.77. The van der Waals surface area contributed by atoms with Crippen molar-refractivity contribution in [3.05, 3.63) is 47.4 Å². The number of carbonyl (C=O) groups is 1. The van der Waals surface area contributed by atoms with Gasteiger partial charge in [-0.15, -0.1) is 0 Å². The van der Waals surface area contributed by atoms with Crippen LogP contribution in [-0.2, 0) is 0 Å². The van der Waals surface area contributed by atoms with Gasteiger partial charge in [0.1, 0.15) is 17.7 Å². The number of likely N-dealkylation sites (tertiary alicyclic amines) is 1. The first-order valence-corrected chi connectivity index (χ1v) is 9.70. The van der Waals surface area contributed by atoms with Crippen molar-refractivity contribution in [3.8, 4) is 11.9 Å². The minimum Gasteiger partial charge on any atom is -0.468 e. The summed E-state index contributed by atoms with van der Waals surface area (Å²) >= 11 is 0. The molecule has 3 N–H and O–H groups in total. The van der Waals surface area contributed by atoms with Gasteiger partial charge in [-0.1, -0.05) is 0 Å². The molecule has 1 aromatic heterocycles. The Morgan fingerprint density at radius 3 is 2.72 bits per heavy atom. The molecule has 1 atom stereocenters. The highest BCUT2D eigenvalue weighted by molar-refractivity contribution is 5.76. The molecule has 2 aromatic rings. The van der Waals surface area contributed by atoms with Crippen LogP contribution in [0.3, 0.4) is 0 Å². The fourth-order valence-corrected chi connectivity index (χ4v) is 3.00. The molecule has 32 heavy (non-hydrogen) atoms. The molecule has 9 nitrogen and oxygen atoms in total. The first-order chi connectivity index (χ1) is 15.4. The lowest BCUT2D eigenvalue weighted by molar-refractivity contribution is 0.0376. The molecule has 0 aliphatic carbocycles. The smallest absolute Gasteiger partial charge is 0.318 e. The number of halogens is 3. The summed E-state index contributed by atoms with van der Waals surface area (Å²) < 4.78 is 46.5. The van der Waals surface area contributed by atoms with Crippen molar-refractivity contribution in [1.82, 2.24) is 20.2 Å². The molecular weight excluding hydrogens is 427 g/mol. The van der Waals surface area contributed by atoms with E-state index in [9.17, 15) is 18.0 Å². The minimum atomic E-state index is -0.786. The van der Waals surface area contributed by atoms with Gasteiger partial charge in [0.2, 0.25) is 11.8 Å². The average Bonchev–Trinajstić information content (AvgIpc) is 2.71. The summed E-state index contributed by atoms with van der Waals surface area (Å²) in [7, 11) is 0. The van der Waals surface area contributed by atoms with Crippen LogP contribution in [0.25, 0.3) is 0 Å². The predicted molar refractivity (Wildman–Crippen MR) is 108 cm³/mol. The molecule has 0 radical (unpaired) electrons. The first kappa shape index (κ1) is 22.8. The number of nitriles is 1. The number of hydrogen-bond donors (Lipinski definition) is 3. The standard InChI is InChI=1S/C20H20F3N7O2/c21-13-6-12(7-14(22)8-13)17(2-4-25)28-20(31)30-10-15(11-30)32-18-16(23)9-27-19(29-18)26-5-1-3-24/h4,6-9,15,17,25H,1-2,5,10-11H2,(H,28,31)(H,26,27,29)/t17-/m0/s1. The SMILES string of the molecule is N#CCCNc1ncc(F)c(OC2CN(C(=O)N[C@@H](CC=N)c3cc(F)cc(F)c3)C2)n1. The van der Waals surface area contributed by atoms with Gasteiger partial charge in [0.05, 0.1) is 37.8 Å². The summed E-state index contributed by atoms with van der Waals surface area (Å²) in [6.45, 7) is 0.577. The zero-order valence-electron chi connectivity index (χ0n) is 16.8. The molecule has 1 saturated heterocycles. The Labute approximate surface area is 181 Å². The second-order valence-electron chi connectivity index (χ2n) is 6.97. The Bertz CT molecular complexity index is 1000. The molecule has 1 aliphatic heterocycles. The van der Waals surface area contributed by atoms with E-state index < -0.39 is 35.6 Å². The zero-order valence-corrected chi connectivity index (χ0v) is 16.8. The second kappa shape index (κ2) is 10.4. The molecule has 0 bridgehead atoms. The van der Waals surface area contributed by atoms with Gasteiger partial charge in [-0.25, -0.2) is 18.6 Å². The summed E-state index contributed by atoms with van der Waals surface area (Å²) in [5, 5.41) is 21.2. The Kier molecular flexibility index (Phi) is 7.43. The largest absolute Gasteiger partial charge is 0.468 e. The number of nitrogens with one attached hydrogen (secondary N) is 3. The molecule has 1 fully saturated rings. The van der Waals surface area contributed by atoms with Crippen molar-refractivity contribution in [2.45, 2.75) is 25.0 Å². The van der Waals surface area contributed by atoms with Gasteiger partial charge in [-0.3, -0.25) is 0 Å². The van der Waals surface area contributed by atoms with Crippen molar-refractivity contribution in [2.75, 3.05) is 25.0 Å². The van der Waals surface area contributed by atoms with Crippen LogP contribution in [0.5, 0.6) is 5.88 Å². The van der Waals surface area contributed by atoms with E-state index in [1.165, 1.54) is 4.90 Å². The molecule has 168 valence electrons. The van der Waals surface area contributed by atoms with Crippen molar-refractivity contribution in [1.29, 1.82) is 10.7 Å². The lowest BCUT2D eigenvalue weighted by Crippen LogP contribution is -2.59. The van der Waals surface area contributed by atoms with Gasteiger partial charge in [0, 0.05) is 19.0 Å². The summed E-state index contributed by atoms with van der Waals surface area (Å²) in [6, 6.07) is 3.57. The number of rotatable bonds is 9. The summed E-state index contributed by atoms with van der Waals surface area (Å²) in [6.07, 6.45) is 1.75. The minimum absolute atomic E-state index is 0.0517. The summed E-state index contributed by atoms with van der Waals surface area (Å²) in [5.41, 5.74) is 0.201. The highest BCUT2D eigenvalue weighted by Gasteiger charge is 2.34. The number of urea groups is 1. The number of amides is 2. The third kappa shape index (κ3) is 5.84. The van der Waals surface area contributed by atoms with Crippen LogP contribution in [0.2, 0.25) is 0 Å². The average molecular weight is 447 g/mol. The maximum Gasteiger partial charge on any atom is 0.318 e. The van der Waals surface area contributed by atoms with Crippen LogP contribution >= 0.6 is 0 Å². The molecule has 0 unspecified atom stereocenters. The molecule has 1 aliphatic rings. The monoisotopic (exact) mass is 447 g/mol. The van der Waals surface area contributed by atoms with Crippen molar-refractivity contribution in [2.24, 2.45) is 0 Å². The lowest BCUT2D eigenvalue weighted by Gasteiger charge is -2.39. The molecular formula is C20H20F3N7O2. The third-order valence-electron chi connectivity index (χ3n) is 4.58. The molecule has 0 saturated carbocycles. The number of hydrogen-bond acceptors (Lipinski definition) is 7. The van der Waals surface area contributed by atoms with Crippen molar-refractivity contribution in [3.63, 3.8) is 0 Å². The van der Waals surface area contributed by atoms with Crippen LogP contribution < -0.4 is 15.4 Å². The normalized spacial score (nSPS) is 14.1. The fraction of sp³-hybridized carbons (Fsp3) is 0.350. The summed E-state index contributed by atoms with van der Waals surface area (Å²) in [4.78, 5) is 21.5. The van der Waals surface area contributed by atoms with Gasteiger partial charge >= 0.3 is 6.03 Å².